The van der Waals surface area contributed by atoms with E-state index in [-0.39, 0.29) is 107 Å². The average molecular weight is 1110 g/mol. The Morgan fingerprint density at radius 2 is 1.15 bits per heavy atom. The minimum atomic E-state index is -1.20. The minimum absolute atomic E-state index is 0.0370. The molecule has 2 aliphatic rings. The van der Waals surface area contributed by atoms with Crippen molar-refractivity contribution in [2.75, 3.05) is 44.8 Å². The van der Waals surface area contributed by atoms with Crippen LogP contribution in [0.1, 0.15) is 90.8 Å². The van der Waals surface area contributed by atoms with E-state index in [0.29, 0.717) is 22.3 Å². The van der Waals surface area contributed by atoms with Crippen LogP contribution in [0.25, 0.3) is 0 Å². The number of aliphatic hydroxyl groups excluding tert-OH is 2. The maximum Gasteiger partial charge on any atom is 0.405 e. The highest BCUT2D eigenvalue weighted by Gasteiger charge is 2.34. The summed E-state index contributed by atoms with van der Waals surface area (Å²) in [4.78, 5) is 52.7. The number of rotatable bonds is 9. The third-order valence-corrected chi connectivity index (χ3v) is 14.8. The summed E-state index contributed by atoms with van der Waals surface area (Å²) in [5.41, 5.74) is 19.7. The van der Waals surface area contributed by atoms with E-state index in [1.54, 1.807) is 65.0 Å². The number of nitrogens with one attached hydrogen (secondary N) is 2. The first-order valence-corrected chi connectivity index (χ1v) is 26.2. The molecule has 4 rings (SSSR count). The number of aliphatic hydroxyl groups is 2. The summed E-state index contributed by atoms with van der Waals surface area (Å²) in [5.74, 6) is -4.67. The van der Waals surface area contributed by atoms with Gasteiger partial charge in [0.25, 0.3) is 11.8 Å². The van der Waals surface area contributed by atoms with Crippen LogP contribution in [-0.4, -0.2) is 132 Å². The van der Waals surface area contributed by atoms with Crippen LogP contribution in [0.2, 0.25) is 0 Å². The van der Waals surface area contributed by atoms with Crippen molar-refractivity contribution < 1.29 is 78.2 Å². The van der Waals surface area contributed by atoms with Crippen LogP contribution in [0.15, 0.2) is 82.5 Å². The van der Waals surface area contributed by atoms with Crippen LogP contribution < -0.4 is 27.8 Å². The molecule has 21 nitrogen and oxygen atoms in total. The zero-order valence-corrected chi connectivity index (χ0v) is 47.4. The van der Waals surface area contributed by atoms with Gasteiger partial charge in [0.15, 0.2) is 12.2 Å². The van der Waals surface area contributed by atoms with Crippen molar-refractivity contribution in [2.24, 2.45) is 35.1 Å². The number of allylic oxidation sites excluding steroid dienone is 4. The summed E-state index contributed by atoms with van der Waals surface area (Å²) in [6.45, 7) is 13.4. The van der Waals surface area contributed by atoms with E-state index in [1.807, 2.05) is 6.92 Å². The van der Waals surface area contributed by atoms with Gasteiger partial charge in [-0.2, -0.15) is 0 Å². The molecule has 2 heterocycles. The monoisotopic (exact) mass is 1110 g/mol. The van der Waals surface area contributed by atoms with Gasteiger partial charge in [-0.25, -0.2) is 9.59 Å². The standard InChI is InChI=1S/C58H83N5O16/c1-28-18-39-48(59)43(65)27-41(52(39)69)63-56(71)34(7)22-36(25-47(77-12)54(79-58(61)73)33(6)21-30(3)49(66)45(19-28)75-10)16-17-37-23-38-35(8)42(64)26-40(51(38)68)62-55(70)29(2)14-13-15-44(74-9)53(78-57(60)72)32(5)20-31(4)50(67)46(24-37)76-11/h13-15,20-22,25-28,30-31,37,44-47,49-50,53-54,64-69H,16-19,23-24,59H2,1-12H3,(H2,60,72)(H2,61,73)(H,62,70)(H,63,71). The number of fused-ring (bicyclic) bond motifs is 4. The first-order valence-electron chi connectivity index (χ1n) is 26.2. The number of phenols is 4. The highest BCUT2D eigenvalue weighted by Crippen LogP contribution is 2.42. The van der Waals surface area contributed by atoms with Gasteiger partial charge in [0, 0.05) is 74.7 Å². The van der Waals surface area contributed by atoms with Gasteiger partial charge >= 0.3 is 12.2 Å². The molecule has 4 bridgehead atoms. The normalized spacial score (nSPS) is 27.5. The maximum atomic E-state index is 14.2. The molecule has 12 unspecified atom stereocenters. The molecule has 12 atom stereocenters. The molecular weight excluding hydrogens is 1020 g/mol. The third-order valence-electron chi connectivity index (χ3n) is 14.8. The number of nitrogens with two attached hydrogens (primary N) is 3. The zero-order valence-electron chi connectivity index (χ0n) is 47.4. The van der Waals surface area contributed by atoms with Crippen molar-refractivity contribution in [2.45, 2.75) is 143 Å². The van der Waals surface area contributed by atoms with Crippen molar-refractivity contribution in [1.29, 1.82) is 0 Å². The molecule has 0 spiro atoms. The van der Waals surface area contributed by atoms with E-state index in [4.69, 9.17) is 45.6 Å². The number of nitrogen functional groups attached to an aromatic ring is 1. The van der Waals surface area contributed by atoms with Crippen LogP contribution >= 0.6 is 0 Å². The van der Waals surface area contributed by atoms with Crippen molar-refractivity contribution in [3.05, 3.63) is 99.2 Å². The molecule has 2 aromatic carbocycles. The Kier molecular flexibility index (Phi) is 24.0. The number of methoxy groups -OCH3 is 4. The molecule has 14 N–H and O–H groups in total. The number of carbonyl (C=O) groups is 4. The number of hydrogen-bond acceptors (Lipinski definition) is 17. The highest BCUT2D eigenvalue weighted by atomic mass is 16.6. The summed E-state index contributed by atoms with van der Waals surface area (Å²) >= 11 is 0. The van der Waals surface area contributed by atoms with Gasteiger partial charge in [-0.3, -0.25) is 9.59 Å². The molecule has 0 saturated carbocycles. The largest absolute Gasteiger partial charge is 0.508 e. The molecule has 0 fully saturated rings. The van der Waals surface area contributed by atoms with Gasteiger partial charge in [-0.1, -0.05) is 57.2 Å². The number of hydrogen-bond donors (Lipinski definition) is 11. The number of benzene rings is 2. The number of primary amides is 2. The predicted molar refractivity (Wildman–Crippen MR) is 299 cm³/mol. The Bertz CT molecular complexity index is 2700. The first kappa shape index (κ1) is 64.6. The second-order valence-corrected chi connectivity index (χ2v) is 20.9. The summed E-state index contributed by atoms with van der Waals surface area (Å²) in [5, 5.41) is 75.0. The lowest BCUT2D eigenvalue weighted by atomic mass is 9.83. The minimum Gasteiger partial charge on any atom is -0.508 e. The summed E-state index contributed by atoms with van der Waals surface area (Å²) in [6.07, 6.45) is 1.77. The fourth-order valence-electron chi connectivity index (χ4n) is 10.2. The Morgan fingerprint density at radius 1 is 0.658 bits per heavy atom. The van der Waals surface area contributed by atoms with E-state index in [1.165, 1.54) is 60.5 Å². The van der Waals surface area contributed by atoms with E-state index >= 15 is 0 Å². The van der Waals surface area contributed by atoms with E-state index in [2.05, 4.69) is 10.6 Å². The number of phenolic OH excluding ortho intramolecular Hbond substituents is 4. The zero-order chi connectivity index (χ0) is 59.2. The molecule has 2 aromatic rings. The Balaban J connectivity index is 1.98. The lowest BCUT2D eigenvalue weighted by Gasteiger charge is -2.31. The van der Waals surface area contributed by atoms with E-state index < -0.39 is 90.6 Å². The Hall–Kier alpha value is -6.88. The van der Waals surface area contributed by atoms with Crippen molar-refractivity contribution in [3.8, 4) is 23.0 Å². The third kappa shape index (κ3) is 17.3. The van der Waals surface area contributed by atoms with Gasteiger partial charge in [-0.15, -0.1) is 0 Å². The molecule has 0 aromatic heterocycles. The fourth-order valence-corrected chi connectivity index (χ4v) is 10.2. The molecule has 0 radical (unpaired) electrons. The SMILES string of the molecule is COC1C=CC=C(C)C(=O)Nc2cc(O)c(C)c(c2O)CC(CCC2=CC(OC)C(OC(N)=O)C(C)=CC(C)C(O)C(OC)CC(C)Cc3c(N)c(O)cc(c3O)NC(=O)C(C)=C2)CC(OC)C(O)C(C)C=C(C)C1OC(N)=O. The second kappa shape index (κ2) is 29.4. The Morgan fingerprint density at radius 3 is 1.67 bits per heavy atom. The fraction of sp³-hybridized carbons (Fsp3) is 0.517. The quantitative estimate of drug-likeness (QED) is 0.0514. The first-order chi connectivity index (χ1) is 37.1. The van der Waals surface area contributed by atoms with Crippen molar-refractivity contribution in [1.82, 2.24) is 0 Å². The van der Waals surface area contributed by atoms with E-state index in [9.17, 15) is 49.8 Å². The Labute approximate surface area is 462 Å². The number of ether oxygens (including phenoxy) is 6. The predicted octanol–water partition coefficient (Wildman–Crippen LogP) is 7.15. The topological polar surface area (TPSA) is 347 Å². The summed E-state index contributed by atoms with van der Waals surface area (Å²) < 4.78 is 34.7. The van der Waals surface area contributed by atoms with Gasteiger partial charge in [-0.05, 0) is 113 Å². The molecule has 21 heteroatoms. The lowest BCUT2D eigenvalue weighted by Crippen LogP contribution is -2.37. The van der Waals surface area contributed by atoms with Crippen LogP contribution in [0.3, 0.4) is 0 Å². The van der Waals surface area contributed by atoms with Gasteiger partial charge in [0.2, 0.25) is 0 Å². The summed E-state index contributed by atoms with van der Waals surface area (Å²) in [7, 11) is 5.68. The van der Waals surface area contributed by atoms with Crippen molar-refractivity contribution >= 4 is 41.1 Å². The van der Waals surface area contributed by atoms with Crippen molar-refractivity contribution in [3.63, 3.8) is 0 Å². The van der Waals surface area contributed by atoms with Crippen LogP contribution in [0, 0.1) is 30.6 Å². The highest BCUT2D eigenvalue weighted by molar-refractivity contribution is 6.05. The number of anilines is 3. The molecule has 0 aliphatic carbocycles. The average Bonchev–Trinajstić information content (AvgIpc) is 3.41. The number of amides is 4. The molecule has 4 amide bonds. The number of carbonyl (C=O) groups excluding carboxylic acids is 4. The maximum absolute atomic E-state index is 14.2. The molecule has 79 heavy (non-hydrogen) atoms. The smallest absolute Gasteiger partial charge is 0.405 e. The van der Waals surface area contributed by atoms with Crippen LogP contribution in [-0.2, 0) is 50.9 Å². The molecule has 2 aliphatic heterocycles. The molecule has 0 saturated heterocycles. The molecule has 436 valence electrons. The number of aromatic hydroxyl groups is 4. The van der Waals surface area contributed by atoms with Gasteiger partial charge < -0.3 is 86.9 Å². The van der Waals surface area contributed by atoms with Gasteiger partial charge in [0.1, 0.15) is 35.2 Å². The van der Waals surface area contributed by atoms with Gasteiger partial charge in [0.05, 0.1) is 41.5 Å². The summed E-state index contributed by atoms with van der Waals surface area (Å²) in [6, 6.07) is 2.38. The lowest BCUT2D eigenvalue weighted by molar-refractivity contribution is -0.113. The van der Waals surface area contributed by atoms with E-state index in [0.717, 1.165) is 6.07 Å². The van der Waals surface area contributed by atoms with Crippen LogP contribution in [0.4, 0.5) is 26.7 Å². The molecular formula is C58H83N5O16. The van der Waals surface area contributed by atoms with Crippen LogP contribution in [0.5, 0.6) is 23.0 Å². The second-order valence-electron chi connectivity index (χ2n) is 20.9.